The summed E-state index contributed by atoms with van der Waals surface area (Å²) in [6.45, 7) is 6.07. The fraction of sp³-hybridized carbons (Fsp3) is 0.385. The van der Waals surface area contributed by atoms with Crippen LogP contribution >= 0.6 is 23.2 Å². The third-order valence-electron chi connectivity index (χ3n) is 6.27. The van der Waals surface area contributed by atoms with Gasteiger partial charge in [0.1, 0.15) is 17.5 Å². The van der Waals surface area contributed by atoms with E-state index in [1.54, 1.807) is 55.0 Å². The molecular formula is C26H27Cl2F4N5O4. The van der Waals surface area contributed by atoms with Crippen molar-refractivity contribution in [3.05, 3.63) is 58.2 Å². The topological polar surface area (TPSA) is 124 Å². The van der Waals surface area contributed by atoms with Gasteiger partial charge in [-0.15, -0.1) is 0 Å². The van der Waals surface area contributed by atoms with E-state index in [9.17, 15) is 27.5 Å². The van der Waals surface area contributed by atoms with Crippen LogP contribution < -0.4 is 10.5 Å². The fourth-order valence-corrected chi connectivity index (χ4v) is 4.74. The number of alkyl halides is 3. The molecule has 0 saturated carbocycles. The number of likely N-dealkylation sites (tertiary alicyclic amines) is 1. The monoisotopic (exact) mass is 619 g/mol. The standard InChI is InChI=1S/C24H26Cl2FN5O3.C2HF3O/c1-13(20-17(25)4-5-18(27)21(20)26)35-19-8-14(9-29-22(19)28)15-10-30-32(11-15)24(2,3)23(34)31-7-6-16(33)12-31;3-2(4,5)1-6/h4-5,8-11,13,16,33H,6-7,12H2,1-3H3,(H2,28,29);1H/t13?,16-;/m1./s1. The quantitative estimate of drug-likeness (QED) is 0.221. The molecule has 3 heterocycles. The van der Waals surface area contributed by atoms with Crippen LogP contribution in [-0.4, -0.2) is 62.3 Å². The number of aromatic nitrogens is 3. The van der Waals surface area contributed by atoms with E-state index < -0.39 is 36.0 Å². The Bertz CT molecular complexity index is 1420. The molecule has 41 heavy (non-hydrogen) atoms. The number of ether oxygens (including phenoxy) is 1. The lowest BCUT2D eigenvalue weighted by Crippen LogP contribution is -2.46. The number of carbonyl (C=O) groups is 2. The predicted octanol–water partition coefficient (Wildman–Crippen LogP) is 5.19. The zero-order chi connectivity index (χ0) is 30.7. The van der Waals surface area contributed by atoms with Crippen molar-refractivity contribution in [3.8, 4) is 16.9 Å². The second-order valence-corrected chi connectivity index (χ2v) is 10.5. The van der Waals surface area contributed by atoms with E-state index in [-0.39, 0.29) is 27.5 Å². The molecule has 1 aromatic carbocycles. The molecule has 1 unspecified atom stereocenters. The van der Waals surface area contributed by atoms with Crippen LogP contribution in [0.25, 0.3) is 11.1 Å². The first-order chi connectivity index (χ1) is 19.0. The third kappa shape index (κ3) is 7.66. The van der Waals surface area contributed by atoms with Gasteiger partial charge in [0, 0.05) is 47.2 Å². The Morgan fingerprint density at radius 3 is 2.49 bits per heavy atom. The molecule has 9 nitrogen and oxygen atoms in total. The Morgan fingerprint density at radius 2 is 1.90 bits per heavy atom. The van der Waals surface area contributed by atoms with E-state index in [2.05, 4.69) is 10.1 Å². The van der Waals surface area contributed by atoms with Crippen LogP contribution in [0.1, 0.15) is 38.9 Å². The average molecular weight is 620 g/mol. The second kappa shape index (κ2) is 12.6. The van der Waals surface area contributed by atoms with Gasteiger partial charge in [0.05, 0.1) is 17.3 Å². The Hall–Kier alpha value is -3.42. The van der Waals surface area contributed by atoms with E-state index in [0.717, 1.165) is 0 Å². The number of hydrogen-bond donors (Lipinski definition) is 2. The van der Waals surface area contributed by atoms with Crippen LogP contribution in [0.4, 0.5) is 23.4 Å². The molecule has 1 aliphatic heterocycles. The molecule has 1 aliphatic rings. The highest BCUT2D eigenvalue weighted by Crippen LogP contribution is 2.37. The lowest BCUT2D eigenvalue weighted by atomic mass is 10.0. The summed E-state index contributed by atoms with van der Waals surface area (Å²) in [6, 6.07) is 4.29. The molecule has 3 aromatic rings. The molecule has 2 aromatic heterocycles. The van der Waals surface area contributed by atoms with Gasteiger partial charge in [-0.3, -0.25) is 14.3 Å². The molecular weight excluding hydrogens is 593 g/mol. The lowest BCUT2D eigenvalue weighted by Gasteiger charge is -2.29. The second-order valence-electron chi connectivity index (χ2n) is 9.71. The Labute approximate surface area is 242 Å². The first-order valence-corrected chi connectivity index (χ1v) is 12.9. The number of rotatable bonds is 6. The summed E-state index contributed by atoms with van der Waals surface area (Å²) in [7, 11) is 0. The highest BCUT2D eigenvalue weighted by molar-refractivity contribution is 6.36. The highest BCUT2D eigenvalue weighted by Gasteiger charge is 2.37. The molecule has 1 saturated heterocycles. The smallest absolute Gasteiger partial charge is 0.446 e. The van der Waals surface area contributed by atoms with Crippen molar-refractivity contribution in [2.24, 2.45) is 0 Å². The number of anilines is 1. The maximum atomic E-state index is 14.0. The van der Waals surface area contributed by atoms with E-state index in [4.69, 9.17) is 38.5 Å². The number of nitrogens with two attached hydrogens (primary N) is 1. The summed E-state index contributed by atoms with van der Waals surface area (Å²) in [5, 5.41) is 14.3. The van der Waals surface area contributed by atoms with Gasteiger partial charge in [-0.1, -0.05) is 23.2 Å². The summed E-state index contributed by atoms with van der Waals surface area (Å²) in [6.07, 6.45) is -1.41. The van der Waals surface area contributed by atoms with Gasteiger partial charge in [-0.25, -0.2) is 9.37 Å². The number of aliphatic hydroxyl groups is 1. The third-order valence-corrected chi connectivity index (χ3v) is 6.98. The van der Waals surface area contributed by atoms with Gasteiger partial charge in [-0.05, 0) is 45.4 Å². The van der Waals surface area contributed by atoms with E-state index in [0.29, 0.717) is 36.2 Å². The van der Waals surface area contributed by atoms with Crippen molar-refractivity contribution in [3.63, 3.8) is 0 Å². The number of amides is 1. The SMILES string of the molecule is CC(Oc1cc(-c2cnn(C(C)(C)C(=O)N3CC[C@@H](O)C3)c2)cnc1N)c1c(Cl)ccc(F)c1Cl.O=CC(F)(F)F. The van der Waals surface area contributed by atoms with Crippen molar-refractivity contribution < 1.29 is 37.0 Å². The Kier molecular flexibility index (Phi) is 9.88. The molecule has 1 fully saturated rings. The minimum atomic E-state index is -4.64. The zero-order valence-electron chi connectivity index (χ0n) is 22.1. The van der Waals surface area contributed by atoms with Crippen molar-refractivity contribution in [1.82, 2.24) is 19.7 Å². The summed E-state index contributed by atoms with van der Waals surface area (Å²) in [4.78, 5) is 27.6. The number of β-amino-alcohol motifs (C(OH)–C–C–N with tert-alkyl or cyclic N) is 1. The maximum Gasteiger partial charge on any atom is 0.446 e. The molecule has 0 bridgehead atoms. The minimum absolute atomic E-state index is 0.119. The lowest BCUT2D eigenvalue weighted by molar-refractivity contribution is -0.156. The molecule has 15 heteroatoms. The number of nitrogens with zero attached hydrogens (tertiary/aromatic N) is 4. The maximum absolute atomic E-state index is 14.0. The number of carbonyl (C=O) groups excluding carboxylic acids is 2. The largest absolute Gasteiger partial charge is 0.482 e. The van der Waals surface area contributed by atoms with Gasteiger partial charge < -0.3 is 20.5 Å². The van der Waals surface area contributed by atoms with Gasteiger partial charge in [0.15, 0.2) is 11.6 Å². The number of aldehydes is 1. The van der Waals surface area contributed by atoms with Crippen LogP contribution in [-0.2, 0) is 15.1 Å². The highest BCUT2D eigenvalue weighted by atomic mass is 35.5. The average Bonchev–Trinajstić information content (AvgIpc) is 3.57. The van der Waals surface area contributed by atoms with E-state index >= 15 is 0 Å². The number of halogens is 6. The van der Waals surface area contributed by atoms with Crippen LogP contribution in [0.15, 0.2) is 36.8 Å². The molecule has 0 radical (unpaired) electrons. The normalized spacial score (nSPS) is 16.1. The van der Waals surface area contributed by atoms with Gasteiger partial charge in [-0.2, -0.15) is 18.3 Å². The van der Waals surface area contributed by atoms with Crippen molar-refractivity contribution in [2.75, 3.05) is 18.8 Å². The van der Waals surface area contributed by atoms with E-state index in [1.807, 2.05) is 0 Å². The number of benzene rings is 1. The van der Waals surface area contributed by atoms with Crippen LogP contribution in [0.2, 0.25) is 10.0 Å². The van der Waals surface area contributed by atoms with Crippen LogP contribution in [0.5, 0.6) is 5.75 Å². The predicted molar refractivity (Wildman–Crippen MR) is 144 cm³/mol. The number of pyridine rings is 1. The van der Waals surface area contributed by atoms with Crippen LogP contribution in [0.3, 0.4) is 0 Å². The molecule has 0 spiro atoms. The number of hydrogen-bond acceptors (Lipinski definition) is 7. The molecule has 2 atom stereocenters. The number of nitrogen functional groups attached to an aromatic ring is 1. The van der Waals surface area contributed by atoms with Crippen molar-refractivity contribution >= 4 is 41.2 Å². The Morgan fingerprint density at radius 1 is 1.24 bits per heavy atom. The zero-order valence-corrected chi connectivity index (χ0v) is 23.6. The van der Waals surface area contributed by atoms with Crippen LogP contribution in [0, 0.1) is 5.82 Å². The van der Waals surface area contributed by atoms with Gasteiger partial charge >= 0.3 is 6.18 Å². The fourth-order valence-electron chi connectivity index (χ4n) is 4.06. The molecule has 3 N–H and O–H groups in total. The minimum Gasteiger partial charge on any atom is -0.482 e. The summed E-state index contributed by atoms with van der Waals surface area (Å²) < 4.78 is 52.8. The van der Waals surface area contributed by atoms with Gasteiger partial charge in [0.2, 0.25) is 12.2 Å². The molecule has 4 rings (SSSR count). The summed E-state index contributed by atoms with van der Waals surface area (Å²) in [5.74, 6) is -0.324. The molecule has 222 valence electrons. The molecule has 0 aliphatic carbocycles. The summed E-state index contributed by atoms with van der Waals surface area (Å²) in [5.41, 5.74) is 6.73. The van der Waals surface area contributed by atoms with E-state index in [1.165, 1.54) is 12.1 Å². The first-order valence-electron chi connectivity index (χ1n) is 12.2. The first kappa shape index (κ1) is 32.1. The van der Waals surface area contributed by atoms with Crippen molar-refractivity contribution in [2.45, 2.75) is 51.1 Å². The van der Waals surface area contributed by atoms with Crippen molar-refractivity contribution in [1.29, 1.82) is 0 Å². The Balaban J connectivity index is 0.000000696. The molecule has 1 amide bonds. The van der Waals surface area contributed by atoms with Gasteiger partial charge in [0.25, 0.3) is 0 Å². The number of aliphatic hydroxyl groups excluding tert-OH is 1. The summed E-state index contributed by atoms with van der Waals surface area (Å²) >= 11 is 12.3.